The number of carbonyl (C=O) groups excluding carboxylic acids is 1. The van der Waals surface area contributed by atoms with Gasteiger partial charge in [-0.2, -0.15) is 5.10 Å². The van der Waals surface area contributed by atoms with Crippen molar-refractivity contribution in [2.45, 2.75) is 38.5 Å². The van der Waals surface area contributed by atoms with Gasteiger partial charge in [-0.3, -0.25) is 14.6 Å². The van der Waals surface area contributed by atoms with E-state index in [1.54, 1.807) is 11.9 Å². The van der Waals surface area contributed by atoms with Gasteiger partial charge in [-0.15, -0.1) is 0 Å². The van der Waals surface area contributed by atoms with E-state index in [2.05, 4.69) is 24.2 Å². The van der Waals surface area contributed by atoms with Gasteiger partial charge in [0, 0.05) is 24.7 Å². The summed E-state index contributed by atoms with van der Waals surface area (Å²) in [5.41, 5.74) is 4.87. The Morgan fingerprint density at radius 3 is 2.59 bits per heavy atom. The van der Waals surface area contributed by atoms with Crippen LogP contribution in [-0.4, -0.2) is 61.6 Å². The molecule has 1 N–H and O–H groups in total. The molecule has 2 aromatic carbocycles. The fourth-order valence-corrected chi connectivity index (χ4v) is 5.04. The average molecular weight is 464 g/mol. The second-order valence-electron chi connectivity index (χ2n) is 9.09. The van der Waals surface area contributed by atoms with E-state index in [9.17, 15) is 14.7 Å². The highest BCUT2D eigenvalue weighted by Crippen LogP contribution is 2.41. The lowest BCUT2D eigenvalue weighted by molar-refractivity contribution is -0.138. The Morgan fingerprint density at radius 1 is 1.18 bits per heavy atom. The molecule has 1 heterocycles. The molecule has 2 aliphatic rings. The zero-order valence-corrected chi connectivity index (χ0v) is 19.9. The molecular weight excluding hydrogens is 430 g/mol. The summed E-state index contributed by atoms with van der Waals surface area (Å²) in [6.07, 6.45) is 4.66. The molecule has 4 rings (SSSR count). The molecule has 0 bridgehead atoms. The molecule has 0 saturated carbocycles. The molecule has 2 unspecified atom stereocenters. The van der Waals surface area contributed by atoms with Crippen molar-refractivity contribution in [1.29, 1.82) is 0 Å². The lowest BCUT2D eigenvalue weighted by Gasteiger charge is -2.33. The maximum atomic E-state index is 13.1. The summed E-state index contributed by atoms with van der Waals surface area (Å²) < 4.78 is 5.33. The number of carboxylic acids is 1. The van der Waals surface area contributed by atoms with Crippen molar-refractivity contribution in [3.63, 3.8) is 0 Å². The van der Waals surface area contributed by atoms with Crippen LogP contribution in [0, 0.1) is 5.92 Å². The summed E-state index contributed by atoms with van der Waals surface area (Å²) in [6.45, 7) is 5.09. The topological polar surface area (TPSA) is 82.4 Å². The van der Waals surface area contributed by atoms with Crippen LogP contribution in [0.5, 0.6) is 0 Å². The number of rotatable bonds is 7. The molecule has 1 amide bonds. The largest absolute Gasteiger partial charge is 0.481 e. The third kappa shape index (κ3) is 5.47. The van der Waals surface area contributed by atoms with Gasteiger partial charge in [0.1, 0.15) is 0 Å². The van der Waals surface area contributed by atoms with Crippen molar-refractivity contribution in [2.24, 2.45) is 11.0 Å². The summed E-state index contributed by atoms with van der Waals surface area (Å²) >= 11 is 0. The predicted octanol–water partition coefficient (Wildman–Crippen LogP) is 4.16. The van der Waals surface area contributed by atoms with Crippen LogP contribution < -0.4 is 4.90 Å². The van der Waals surface area contributed by atoms with E-state index in [0.717, 1.165) is 43.6 Å². The molecule has 1 fully saturated rings. The highest BCUT2D eigenvalue weighted by atomic mass is 16.5. The van der Waals surface area contributed by atoms with Crippen LogP contribution in [0.25, 0.3) is 0 Å². The number of carbonyl (C=O) groups is 2. The summed E-state index contributed by atoms with van der Waals surface area (Å²) in [7, 11) is 1.80. The first kappa shape index (κ1) is 24.0. The Bertz CT molecular complexity index is 1040. The number of hydrogen-bond acceptors (Lipinski definition) is 5. The Balaban J connectivity index is 1.44. The lowest BCUT2D eigenvalue weighted by Crippen LogP contribution is -2.32. The molecule has 7 nitrogen and oxygen atoms in total. The Labute approximate surface area is 201 Å². The summed E-state index contributed by atoms with van der Waals surface area (Å²) in [5, 5.41) is 15.7. The quantitative estimate of drug-likeness (QED) is 0.624. The van der Waals surface area contributed by atoms with Gasteiger partial charge in [-0.05, 0) is 72.1 Å². The number of hydrogen-bond donors (Lipinski definition) is 1. The maximum absolute atomic E-state index is 13.1. The first-order valence-electron chi connectivity index (χ1n) is 12.1. The van der Waals surface area contributed by atoms with E-state index in [1.807, 2.05) is 41.6 Å². The molecule has 1 aliphatic carbocycles. The van der Waals surface area contributed by atoms with Crippen molar-refractivity contribution >= 4 is 23.8 Å². The van der Waals surface area contributed by atoms with Crippen LogP contribution in [0.2, 0.25) is 0 Å². The summed E-state index contributed by atoms with van der Waals surface area (Å²) in [4.78, 5) is 26.1. The molecule has 2 aromatic rings. The molecule has 0 spiro atoms. The molecular formula is C27H33N3O4. The molecule has 0 aromatic heterocycles. The van der Waals surface area contributed by atoms with Crippen LogP contribution in [-0.2, 0) is 16.0 Å². The standard InChI is InChI=1S/C27H33N3O4/c1-3-24-22(17-26(31)32)9-8-21-16-23(10-11-25(21)24)29(2)27(33)20-6-4-19(5-7-20)18-28-30-12-14-34-15-13-30/h4-7,10-11,16,18,22,24H,3,8-9,12-15,17H2,1-2H3,(H,31,32). The molecule has 1 saturated heterocycles. The monoisotopic (exact) mass is 463 g/mol. The first-order valence-corrected chi connectivity index (χ1v) is 12.1. The van der Waals surface area contributed by atoms with Crippen LogP contribution in [0.4, 0.5) is 5.69 Å². The van der Waals surface area contributed by atoms with E-state index in [4.69, 9.17) is 4.74 Å². The van der Waals surface area contributed by atoms with Crippen LogP contribution >= 0.6 is 0 Å². The van der Waals surface area contributed by atoms with Crippen molar-refractivity contribution in [1.82, 2.24) is 5.01 Å². The fourth-order valence-electron chi connectivity index (χ4n) is 5.04. The molecule has 7 heteroatoms. The van der Waals surface area contributed by atoms with Gasteiger partial charge >= 0.3 is 5.97 Å². The number of hydrazone groups is 1. The number of ether oxygens (including phenoxy) is 1. The third-order valence-corrected chi connectivity index (χ3v) is 6.96. The molecule has 34 heavy (non-hydrogen) atoms. The SMILES string of the molecule is CCC1c2ccc(N(C)C(=O)c3ccc(C=NN4CCOCC4)cc3)cc2CCC1CC(=O)O. The van der Waals surface area contributed by atoms with E-state index in [1.165, 1.54) is 11.1 Å². The van der Waals surface area contributed by atoms with E-state index >= 15 is 0 Å². The summed E-state index contributed by atoms with van der Waals surface area (Å²) in [6, 6.07) is 13.6. The fraction of sp³-hybridized carbons (Fsp3) is 0.444. The van der Waals surface area contributed by atoms with Gasteiger partial charge in [0.2, 0.25) is 0 Å². The number of aliphatic carboxylic acids is 1. The number of nitrogens with zero attached hydrogens (tertiary/aromatic N) is 3. The van der Waals surface area contributed by atoms with E-state index in [-0.39, 0.29) is 24.2 Å². The highest BCUT2D eigenvalue weighted by Gasteiger charge is 2.30. The Morgan fingerprint density at radius 2 is 1.91 bits per heavy atom. The number of carboxylic acid groups (broad SMARTS) is 1. The number of morpholine rings is 1. The molecule has 1 aliphatic heterocycles. The number of amides is 1. The Hall–Kier alpha value is -3.19. The first-order chi connectivity index (χ1) is 16.5. The van der Waals surface area contributed by atoms with Crippen molar-refractivity contribution in [3.8, 4) is 0 Å². The summed E-state index contributed by atoms with van der Waals surface area (Å²) in [5.74, 6) is -0.373. The van der Waals surface area contributed by atoms with Crippen LogP contribution in [0.1, 0.15) is 59.2 Å². The molecule has 0 radical (unpaired) electrons. The Kier molecular flexibility index (Phi) is 7.63. The van der Waals surface area contributed by atoms with Gasteiger partial charge in [-0.25, -0.2) is 0 Å². The minimum absolute atomic E-state index is 0.0665. The van der Waals surface area contributed by atoms with Gasteiger partial charge in [0.15, 0.2) is 0 Å². The second-order valence-corrected chi connectivity index (χ2v) is 9.09. The maximum Gasteiger partial charge on any atom is 0.303 e. The number of anilines is 1. The molecule has 2 atom stereocenters. The molecule has 180 valence electrons. The van der Waals surface area contributed by atoms with Crippen molar-refractivity contribution in [3.05, 3.63) is 64.7 Å². The number of fused-ring (bicyclic) bond motifs is 1. The average Bonchev–Trinajstić information content (AvgIpc) is 2.87. The van der Waals surface area contributed by atoms with E-state index < -0.39 is 5.97 Å². The minimum atomic E-state index is -0.729. The van der Waals surface area contributed by atoms with Crippen LogP contribution in [0.3, 0.4) is 0 Å². The van der Waals surface area contributed by atoms with Gasteiger partial charge < -0.3 is 14.7 Å². The number of aryl methyl sites for hydroxylation is 1. The minimum Gasteiger partial charge on any atom is -0.481 e. The smallest absolute Gasteiger partial charge is 0.303 e. The zero-order valence-electron chi connectivity index (χ0n) is 19.9. The van der Waals surface area contributed by atoms with Crippen LogP contribution in [0.15, 0.2) is 47.6 Å². The zero-order chi connectivity index (χ0) is 24.1. The van der Waals surface area contributed by atoms with E-state index in [0.29, 0.717) is 18.8 Å². The van der Waals surface area contributed by atoms with Gasteiger partial charge in [-0.1, -0.05) is 25.1 Å². The van der Waals surface area contributed by atoms with Crippen molar-refractivity contribution < 1.29 is 19.4 Å². The van der Waals surface area contributed by atoms with Crippen molar-refractivity contribution in [2.75, 3.05) is 38.3 Å². The van der Waals surface area contributed by atoms with Gasteiger partial charge in [0.05, 0.1) is 32.5 Å². The lowest BCUT2D eigenvalue weighted by atomic mass is 9.72. The normalized spacial score (nSPS) is 20.2. The third-order valence-electron chi connectivity index (χ3n) is 6.96. The number of benzene rings is 2. The highest BCUT2D eigenvalue weighted by molar-refractivity contribution is 6.06. The second kappa shape index (κ2) is 10.8. The predicted molar refractivity (Wildman–Crippen MR) is 133 cm³/mol. The van der Waals surface area contributed by atoms with Gasteiger partial charge in [0.25, 0.3) is 5.91 Å².